The highest BCUT2D eigenvalue weighted by atomic mass is 19.4. The van der Waals surface area contributed by atoms with Crippen LogP contribution >= 0.6 is 0 Å². The molecule has 3 heterocycles. The fraction of sp³-hybridized carbons (Fsp3) is 0.316. The number of rotatable bonds is 2. The molecule has 6 heteroatoms. The molecule has 0 N–H and O–H groups in total. The maximum Gasteiger partial charge on any atom is 0.433 e. The predicted molar refractivity (Wildman–Crippen MR) is 91.7 cm³/mol. The van der Waals surface area contributed by atoms with Gasteiger partial charge < -0.3 is 9.47 Å². The molecule has 0 spiro atoms. The minimum atomic E-state index is -4.44. The van der Waals surface area contributed by atoms with Crippen LogP contribution in [0.1, 0.15) is 24.6 Å². The molecular weight excluding hydrogens is 327 g/mol. The Morgan fingerprint density at radius 2 is 1.64 bits per heavy atom. The van der Waals surface area contributed by atoms with Crippen LogP contribution in [0.25, 0.3) is 10.9 Å². The molecular formula is C19H18F3N3. The Kier molecular flexibility index (Phi) is 3.90. The average molecular weight is 345 g/mol. The van der Waals surface area contributed by atoms with E-state index in [2.05, 4.69) is 14.5 Å². The van der Waals surface area contributed by atoms with Crippen LogP contribution in [0.2, 0.25) is 0 Å². The molecule has 1 aliphatic heterocycles. The SMILES string of the molecule is FC(F)(F)c1cc(N2CCC(n3cccc3)CC2)c2ccccc2n1. The number of hydrogen-bond donors (Lipinski definition) is 0. The van der Waals surface area contributed by atoms with Crippen molar-refractivity contribution in [3.05, 3.63) is 60.6 Å². The average Bonchev–Trinajstić information content (AvgIpc) is 3.15. The van der Waals surface area contributed by atoms with E-state index in [1.807, 2.05) is 36.7 Å². The van der Waals surface area contributed by atoms with Gasteiger partial charge in [-0.2, -0.15) is 13.2 Å². The number of piperidine rings is 1. The second kappa shape index (κ2) is 6.10. The first-order chi connectivity index (χ1) is 12.0. The highest BCUT2D eigenvalue weighted by Crippen LogP contribution is 2.36. The van der Waals surface area contributed by atoms with Gasteiger partial charge in [0.1, 0.15) is 5.69 Å². The van der Waals surface area contributed by atoms with E-state index in [9.17, 15) is 13.2 Å². The molecule has 1 aromatic carbocycles. The van der Waals surface area contributed by atoms with Crippen LogP contribution in [0, 0.1) is 0 Å². The topological polar surface area (TPSA) is 21.1 Å². The van der Waals surface area contributed by atoms with Crippen LogP contribution in [0.15, 0.2) is 54.9 Å². The van der Waals surface area contributed by atoms with E-state index in [0.29, 0.717) is 17.2 Å². The van der Waals surface area contributed by atoms with E-state index in [0.717, 1.165) is 31.3 Å². The van der Waals surface area contributed by atoms with Crippen molar-refractivity contribution >= 4 is 16.6 Å². The largest absolute Gasteiger partial charge is 0.433 e. The monoisotopic (exact) mass is 345 g/mol. The van der Waals surface area contributed by atoms with Gasteiger partial charge >= 0.3 is 6.18 Å². The Balaban J connectivity index is 1.67. The summed E-state index contributed by atoms with van der Waals surface area (Å²) in [6, 6.07) is 12.6. The number of para-hydroxylation sites is 1. The molecule has 4 rings (SSSR count). The molecule has 0 amide bonds. The second-order valence-corrected chi connectivity index (χ2v) is 6.39. The molecule has 0 unspecified atom stereocenters. The number of halogens is 3. The van der Waals surface area contributed by atoms with Gasteiger partial charge in [0.25, 0.3) is 0 Å². The van der Waals surface area contributed by atoms with Crippen LogP contribution in [-0.4, -0.2) is 22.6 Å². The number of nitrogens with zero attached hydrogens (tertiary/aromatic N) is 3. The summed E-state index contributed by atoms with van der Waals surface area (Å²) in [5, 5.41) is 0.773. The van der Waals surface area contributed by atoms with Crippen molar-refractivity contribution in [2.24, 2.45) is 0 Å². The molecule has 0 radical (unpaired) electrons. The van der Waals surface area contributed by atoms with E-state index in [-0.39, 0.29) is 0 Å². The Morgan fingerprint density at radius 1 is 0.960 bits per heavy atom. The summed E-state index contributed by atoms with van der Waals surface area (Å²) in [5.41, 5.74) is 0.192. The van der Waals surface area contributed by atoms with Gasteiger partial charge in [-0.3, -0.25) is 0 Å². The van der Waals surface area contributed by atoms with Crippen LogP contribution in [0.4, 0.5) is 18.9 Å². The zero-order valence-corrected chi connectivity index (χ0v) is 13.6. The Hall–Kier alpha value is -2.50. The zero-order chi connectivity index (χ0) is 17.4. The van der Waals surface area contributed by atoms with Crippen molar-refractivity contribution in [2.75, 3.05) is 18.0 Å². The Bertz CT molecular complexity index is 863. The van der Waals surface area contributed by atoms with Crippen molar-refractivity contribution < 1.29 is 13.2 Å². The summed E-state index contributed by atoms with van der Waals surface area (Å²) in [6.45, 7) is 1.46. The number of benzene rings is 1. The lowest BCUT2D eigenvalue weighted by molar-refractivity contribution is -0.140. The molecule has 2 aromatic heterocycles. The fourth-order valence-corrected chi connectivity index (χ4v) is 3.56. The first-order valence-corrected chi connectivity index (χ1v) is 8.37. The molecule has 0 bridgehead atoms. The lowest BCUT2D eigenvalue weighted by Crippen LogP contribution is -2.34. The van der Waals surface area contributed by atoms with Gasteiger partial charge in [-0.05, 0) is 37.1 Å². The van der Waals surface area contributed by atoms with Crippen molar-refractivity contribution in [2.45, 2.75) is 25.1 Å². The summed E-state index contributed by atoms with van der Waals surface area (Å²) >= 11 is 0. The maximum absolute atomic E-state index is 13.2. The third-order valence-electron chi connectivity index (χ3n) is 4.84. The third kappa shape index (κ3) is 3.08. The molecule has 0 atom stereocenters. The molecule has 25 heavy (non-hydrogen) atoms. The van der Waals surface area contributed by atoms with Crippen molar-refractivity contribution in [3.63, 3.8) is 0 Å². The number of anilines is 1. The first-order valence-electron chi connectivity index (χ1n) is 8.37. The van der Waals surface area contributed by atoms with Gasteiger partial charge in [0.15, 0.2) is 0 Å². The number of fused-ring (bicyclic) bond motifs is 1. The quantitative estimate of drug-likeness (QED) is 0.659. The van der Waals surface area contributed by atoms with Gasteiger partial charge in [-0.25, -0.2) is 4.98 Å². The van der Waals surface area contributed by atoms with Gasteiger partial charge in [-0.1, -0.05) is 18.2 Å². The van der Waals surface area contributed by atoms with E-state index < -0.39 is 11.9 Å². The van der Waals surface area contributed by atoms with Crippen molar-refractivity contribution in [3.8, 4) is 0 Å². The summed E-state index contributed by atoms with van der Waals surface area (Å²) < 4.78 is 41.9. The predicted octanol–water partition coefficient (Wildman–Crippen LogP) is 4.90. The number of pyridine rings is 1. The van der Waals surface area contributed by atoms with Crippen molar-refractivity contribution in [1.29, 1.82) is 0 Å². The minimum Gasteiger partial charge on any atom is -0.371 e. The molecule has 0 aliphatic carbocycles. The molecule has 1 saturated heterocycles. The first kappa shape index (κ1) is 16.0. The van der Waals surface area contributed by atoms with Crippen LogP contribution in [0.5, 0.6) is 0 Å². The van der Waals surface area contributed by atoms with Crippen molar-refractivity contribution in [1.82, 2.24) is 9.55 Å². The molecule has 1 aliphatic rings. The van der Waals surface area contributed by atoms with Gasteiger partial charge in [-0.15, -0.1) is 0 Å². The van der Waals surface area contributed by atoms with E-state index >= 15 is 0 Å². The minimum absolute atomic E-state index is 0.389. The summed E-state index contributed by atoms with van der Waals surface area (Å²) in [6.07, 6.45) is 1.47. The lowest BCUT2D eigenvalue weighted by Gasteiger charge is -2.35. The summed E-state index contributed by atoms with van der Waals surface area (Å²) in [5.74, 6) is 0. The maximum atomic E-state index is 13.2. The second-order valence-electron chi connectivity index (χ2n) is 6.39. The standard InChI is InChI=1S/C19H18F3N3/c20-19(21,22)18-13-17(15-5-1-2-6-16(15)23-18)25-11-7-14(8-12-25)24-9-3-4-10-24/h1-6,9-10,13-14H,7-8,11-12H2. The summed E-state index contributed by atoms with van der Waals surface area (Å²) in [4.78, 5) is 5.86. The normalized spacial score (nSPS) is 16.5. The zero-order valence-electron chi connectivity index (χ0n) is 13.6. The number of hydrogen-bond acceptors (Lipinski definition) is 2. The summed E-state index contributed by atoms with van der Waals surface area (Å²) in [7, 11) is 0. The fourth-order valence-electron chi connectivity index (χ4n) is 3.56. The van der Waals surface area contributed by atoms with E-state index in [1.54, 1.807) is 12.1 Å². The number of alkyl halides is 3. The third-order valence-corrected chi connectivity index (χ3v) is 4.84. The Morgan fingerprint density at radius 3 is 2.32 bits per heavy atom. The molecule has 0 saturated carbocycles. The van der Waals surface area contributed by atoms with Crippen LogP contribution in [-0.2, 0) is 6.18 Å². The van der Waals surface area contributed by atoms with Crippen LogP contribution in [0.3, 0.4) is 0 Å². The lowest BCUT2D eigenvalue weighted by atomic mass is 10.0. The Labute approximate surface area is 143 Å². The highest BCUT2D eigenvalue weighted by molar-refractivity contribution is 5.92. The van der Waals surface area contributed by atoms with E-state index in [1.165, 1.54) is 6.07 Å². The van der Waals surface area contributed by atoms with E-state index in [4.69, 9.17) is 0 Å². The number of aromatic nitrogens is 2. The smallest absolute Gasteiger partial charge is 0.371 e. The van der Waals surface area contributed by atoms with Gasteiger partial charge in [0.05, 0.1) is 5.52 Å². The molecule has 1 fully saturated rings. The molecule has 130 valence electrons. The van der Waals surface area contributed by atoms with Gasteiger partial charge in [0.2, 0.25) is 0 Å². The van der Waals surface area contributed by atoms with Crippen LogP contribution < -0.4 is 4.90 Å². The highest BCUT2D eigenvalue weighted by Gasteiger charge is 2.34. The van der Waals surface area contributed by atoms with Gasteiger partial charge in [0, 0.05) is 42.6 Å². The molecule has 3 nitrogen and oxygen atoms in total. The molecule has 3 aromatic rings.